The fraction of sp³-hybridized carbons (Fsp3) is 0.222. The van der Waals surface area contributed by atoms with Crippen molar-refractivity contribution in [3.05, 3.63) is 78.0 Å². The average Bonchev–Trinajstić information content (AvgIpc) is 3.32. The van der Waals surface area contributed by atoms with Gasteiger partial charge in [-0.2, -0.15) is 0 Å². The molecule has 0 aliphatic carbocycles. The van der Waals surface area contributed by atoms with Gasteiger partial charge in [0.2, 0.25) is 0 Å². The molecule has 0 unspecified atom stereocenters. The number of carbonyl (C=O) groups excluding carboxylic acids is 1. The number of benzene rings is 3. The number of hydrogen-bond donors (Lipinski definition) is 3. The number of amides is 2. The first kappa shape index (κ1) is 23.8. The van der Waals surface area contributed by atoms with E-state index in [1.807, 2.05) is 42.6 Å². The Kier molecular flexibility index (Phi) is 7.30. The molecule has 2 amide bonds. The van der Waals surface area contributed by atoms with Crippen LogP contribution in [0.25, 0.3) is 10.9 Å². The normalized spacial score (nSPS) is 11.5. The third-order valence-corrected chi connectivity index (χ3v) is 5.88. The largest absolute Gasteiger partial charge is 0.497 e. The second kappa shape index (κ2) is 10.7. The summed E-state index contributed by atoms with van der Waals surface area (Å²) in [6.07, 6.45) is 1.98. The Balaban J connectivity index is 1.61. The van der Waals surface area contributed by atoms with Gasteiger partial charge in [-0.05, 0) is 29.3 Å². The molecule has 0 saturated carbocycles. The molecule has 0 saturated heterocycles. The molecule has 1 heterocycles. The van der Waals surface area contributed by atoms with E-state index >= 15 is 0 Å². The molecule has 0 fully saturated rings. The van der Waals surface area contributed by atoms with Crippen LogP contribution in [0.3, 0.4) is 0 Å². The molecule has 0 aliphatic rings. The summed E-state index contributed by atoms with van der Waals surface area (Å²) in [4.78, 5) is 16.2. The maximum Gasteiger partial charge on any atom is 0.319 e. The zero-order valence-electron chi connectivity index (χ0n) is 20.2. The standard InChI is InChI=1S/C27H29N3O5/c1-32-19-12-18(13-20(14-19)33-2)30-27(31)29-15-22(17-9-10-25(34-3)26(11-17)35-4)23-16-28-24-8-6-5-7-21(23)24/h5-14,16,22,28H,15H2,1-4H3,(H2,29,30,31)/t22-/m0/s1. The van der Waals surface area contributed by atoms with Crippen molar-refractivity contribution in [3.8, 4) is 23.0 Å². The van der Waals surface area contributed by atoms with E-state index in [1.54, 1.807) is 46.6 Å². The number of rotatable bonds is 9. The number of aromatic nitrogens is 1. The molecule has 0 spiro atoms. The Morgan fingerprint density at radius 2 is 1.57 bits per heavy atom. The second-order valence-electron chi connectivity index (χ2n) is 7.89. The molecular formula is C27H29N3O5. The predicted octanol–water partition coefficient (Wildman–Crippen LogP) is 5.16. The second-order valence-corrected chi connectivity index (χ2v) is 7.89. The van der Waals surface area contributed by atoms with Crippen molar-refractivity contribution in [2.45, 2.75) is 5.92 Å². The third kappa shape index (κ3) is 5.27. The van der Waals surface area contributed by atoms with Crippen LogP contribution in [0.5, 0.6) is 23.0 Å². The van der Waals surface area contributed by atoms with Crippen LogP contribution in [-0.4, -0.2) is 46.0 Å². The van der Waals surface area contributed by atoms with E-state index in [0.717, 1.165) is 22.0 Å². The molecule has 8 heteroatoms. The number of nitrogens with one attached hydrogen (secondary N) is 3. The van der Waals surface area contributed by atoms with Crippen LogP contribution in [0.15, 0.2) is 66.9 Å². The SMILES string of the molecule is COc1cc(NC(=O)NC[C@@H](c2ccc(OC)c(OC)c2)c2c[nH]c3ccccc23)cc(OC)c1. The number of urea groups is 1. The molecule has 1 atom stereocenters. The van der Waals surface area contributed by atoms with Gasteiger partial charge in [0.15, 0.2) is 11.5 Å². The Morgan fingerprint density at radius 3 is 2.26 bits per heavy atom. The predicted molar refractivity (Wildman–Crippen MR) is 136 cm³/mol. The zero-order valence-corrected chi connectivity index (χ0v) is 20.2. The zero-order chi connectivity index (χ0) is 24.8. The molecule has 4 aromatic rings. The minimum atomic E-state index is -0.342. The number of carbonyl (C=O) groups is 1. The van der Waals surface area contributed by atoms with E-state index in [4.69, 9.17) is 18.9 Å². The molecule has 182 valence electrons. The van der Waals surface area contributed by atoms with Gasteiger partial charge in [-0.3, -0.25) is 0 Å². The van der Waals surface area contributed by atoms with E-state index in [0.29, 0.717) is 35.2 Å². The summed E-state index contributed by atoms with van der Waals surface area (Å²) in [5.41, 5.74) is 3.64. The van der Waals surface area contributed by atoms with Crippen LogP contribution in [0.4, 0.5) is 10.5 Å². The highest BCUT2D eigenvalue weighted by atomic mass is 16.5. The summed E-state index contributed by atoms with van der Waals surface area (Å²) in [7, 11) is 6.34. The van der Waals surface area contributed by atoms with Crippen molar-refractivity contribution in [3.63, 3.8) is 0 Å². The highest BCUT2D eigenvalue weighted by Crippen LogP contribution is 2.35. The Hall–Kier alpha value is -4.33. The van der Waals surface area contributed by atoms with E-state index in [9.17, 15) is 4.79 Å². The lowest BCUT2D eigenvalue weighted by Gasteiger charge is -2.20. The number of aromatic amines is 1. The van der Waals surface area contributed by atoms with Gasteiger partial charge in [0.25, 0.3) is 0 Å². The van der Waals surface area contributed by atoms with Gasteiger partial charge >= 0.3 is 6.03 Å². The maximum atomic E-state index is 12.8. The van der Waals surface area contributed by atoms with Gasteiger partial charge < -0.3 is 34.6 Å². The van der Waals surface area contributed by atoms with Crippen LogP contribution < -0.4 is 29.6 Å². The quantitative estimate of drug-likeness (QED) is 0.311. The van der Waals surface area contributed by atoms with E-state index in [1.165, 1.54) is 0 Å². The van der Waals surface area contributed by atoms with Gasteiger partial charge in [-0.1, -0.05) is 24.3 Å². The van der Waals surface area contributed by atoms with Crippen LogP contribution in [0.2, 0.25) is 0 Å². The number of ether oxygens (including phenoxy) is 4. The van der Waals surface area contributed by atoms with Gasteiger partial charge in [0.05, 0.1) is 28.4 Å². The first-order valence-corrected chi connectivity index (χ1v) is 11.1. The first-order valence-electron chi connectivity index (χ1n) is 11.1. The number of hydrogen-bond acceptors (Lipinski definition) is 5. The smallest absolute Gasteiger partial charge is 0.319 e. The third-order valence-electron chi connectivity index (χ3n) is 5.88. The van der Waals surface area contributed by atoms with Crippen LogP contribution in [0.1, 0.15) is 17.0 Å². The molecule has 3 aromatic carbocycles. The summed E-state index contributed by atoms with van der Waals surface area (Å²) < 4.78 is 21.5. The highest BCUT2D eigenvalue weighted by Gasteiger charge is 2.21. The van der Waals surface area contributed by atoms with Crippen molar-refractivity contribution < 1.29 is 23.7 Å². The number of fused-ring (bicyclic) bond motifs is 1. The van der Waals surface area contributed by atoms with Crippen molar-refractivity contribution in [2.75, 3.05) is 40.3 Å². The van der Waals surface area contributed by atoms with Crippen LogP contribution in [0, 0.1) is 0 Å². The molecule has 3 N–H and O–H groups in total. The first-order chi connectivity index (χ1) is 17.1. The van der Waals surface area contributed by atoms with Crippen LogP contribution in [-0.2, 0) is 0 Å². The summed E-state index contributed by atoms with van der Waals surface area (Å²) in [6.45, 7) is 0.351. The lowest BCUT2D eigenvalue weighted by molar-refractivity contribution is 0.252. The van der Waals surface area contributed by atoms with Gasteiger partial charge in [0, 0.05) is 53.4 Å². The fourth-order valence-corrected chi connectivity index (χ4v) is 4.11. The van der Waals surface area contributed by atoms with Gasteiger partial charge in [-0.25, -0.2) is 4.79 Å². The van der Waals surface area contributed by atoms with Crippen molar-refractivity contribution in [1.82, 2.24) is 10.3 Å². The highest BCUT2D eigenvalue weighted by molar-refractivity contribution is 5.90. The Bertz CT molecular complexity index is 1300. The lowest BCUT2D eigenvalue weighted by atomic mass is 9.90. The molecule has 0 bridgehead atoms. The molecule has 8 nitrogen and oxygen atoms in total. The number of H-pyrrole nitrogens is 1. The molecule has 0 aliphatic heterocycles. The maximum absolute atomic E-state index is 12.8. The molecule has 4 rings (SSSR count). The average molecular weight is 476 g/mol. The fourth-order valence-electron chi connectivity index (χ4n) is 4.11. The van der Waals surface area contributed by atoms with Gasteiger partial charge in [0.1, 0.15) is 11.5 Å². The Morgan fingerprint density at radius 1 is 0.857 bits per heavy atom. The number of anilines is 1. The summed E-state index contributed by atoms with van der Waals surface area (Å²) >= 11 is 0. The number of para-hydroxylation sites is 1. The van der Waals surface area contributed by atoms with E-state index in [-0.39, 0.29) is 11.9 Å². The topological polar surface area (TPSA) is 93.8 Å². The minimum absolute atomic E-state index is 0.142. The summed E-state index contributed by atoms with van der Waals surface area (Å²) in [5.74, 6) is 2.30. The molecule has 1 aromatic heterocycles. The van der Waals surface area contributed by atoms with Gasteiger partial charge in [-0.15, -0.1) is 0 Å². The van der Waals surface area contributed by atoms with E-state index < -0.39 is 0 Å². The monoisotopic (exact) mass is 475 g/mol. The van der Waals surface area contributed by atoms with Crippen molar-refractivity contribution in [1.29, 1.82) is 0 Å². The Labute approximate surface area is 204 Å². The lowest BCUT2D eigenvalue weighted by Crippen LogP contribution is -2.32. The summed E-state index contributed by atoms with van der Waals surface area (Å²) in [5, 5.41) is 6.95. The molecule has 0 radical (unpaired) electrons. The molecular weight excluding hydrogens is 446 g/mol. The van der Waals surface area contributed by atoms with Crippen molar-refractivity contribution in [2.24, 2.45) is 0 Å². The van der Waals surface area contributed by atoms with E-state index in [2.05, 4.69) is 21.7 Å². The number of methoxy groups -OCH3 is 4. The molecule has 35 heavy (non-hydrogen) atoms. The minimum Gasteiger partial charge on any atom is -0.497 e. The summed E-state index contributed by atoms with van der Waals surface area (Å²) in [6, 6.07) is 18.7. The van der Waals surface area contributed by atoms with Crippen LogP contribution >= 0.6 is 0 Å². The van der Waals surface area contributed by atoms with Crippen molar-refractivity contribution >= 4 is 22.6 Å².